The lowest BCUT2D eigenvalue weighted by molar-refractivity contribution is 0.318. The van der Waals surface area contributed by atoms with Crippen LogP contribution in [0.4, 0.5) is 0 Å². The van der Waals surface area contributed by atoms with Gasteiger partial charge < -0.3 is 0 Å². The van der Waals surface area contributed by atoms with Crippen LogP contribution in [0, 0.1) is 0 Å². The molecule has 23 heavy (non-hydrogen) atoms. The first kappa shape index (κ1) is 16.3. The average Bonchev–Trinajstić information content (AvgIpc) is 2.59. The molecule has 0 heterocycles. The van der Waals surface area contributed by atoms with Crippen molar-refractivity contribution in [2.45, 2.75) is 4.87 Å². The normalized spacial score (nSPS) is 11.0. The van der Waals surface area contributed by atoms with Gasteiger partial charge in [-0.05, 0) is 0 Å². The largest absolute Gasteiger partial charge is 0.365 e. The minimum absolute atomic E-state index is 0.135. The van der Waals surface area contributed by atoms with E-state index in [1.54, 1.807) is 36.4 Å². The molecule has 0 aliphatic carbocycles. The summed E-state index contributed by atoms with van der Waals surface area (Å²) in [5.41, 5.74) is 0.270. The Labute approximate surface area is 132 Å². The molecular formula is C15H10N2O5S. The molecule has 0 saturated heterocycles. The molecule has 0 radical (unpaired) electrons. The molecule has 2 aromatic carbocycles. The maximum Gasteiger partial charge on any atom is 0.365 e. The van der Waals surface area contributed by atoms with Crippen molar-refractivity contribution in [3.8, 4) is 0 Å². The van der Waals surface area contributed by atoms with Gasteiger partial charge in [0.1, 0.15) is 0 Å². The van der Waals surface area contributed by atoms with Crippen LogP contribution < -0.4 is 0 Å². The van der Waals surface area contributed by atoms with Crippen molar-refractivity contribution in [1.82, 2.24) is 0 Å². The molecule has 0 spiro atoms. The zero-order valence-corrected chi connectivity index (χ0v) is 12.4. The number of aliphatic imine (C=N–C) groups is 1. The molecule has 0 aliphatic heterocycles. The Morgan fingerprint density at radius 3 is 1.70 bits per heavy atom. The first-order valence-electron chi connectivity index (χ1n) is 6.29. The van der Waals surface area contributed by atoms with Gasteiger partial charge in [0.25, 0.3) is 11.0 Å². The topological polar surface area (TPSA) is 102 Å². The molecule has 0 aromatic heterocycles. The number of benzene rings is 2. The number of rotatable bonds is 6. The van der Waals surface area contributed by atoms with Crippen LogP contribution in [0.5, 0.6) is 0 Å². The van der Waals surface area contributed by atoms with Crippen LogP contribution in [-0.4, -0.2) is 20.6 Å². The summed E-state index contributed by atoms with van der Waals surface area (Å²) in [5, 5.41) is 2.66. The third kappa shape index (κ3) is 2.95. The fraction of sp³-hybridized carbons (Fsp3) is 0.0667. The van der Waals surface area contributed by atoms with Crippen LogP contribution in [0.15, 0.2) is 70.8 Å². The number of carbonyl (C=O) groups excluding carboxylic acids is 2. The monoisotopic (exact) mass is 330 g/mol. The van der Waals surface area contributed by atoms with Crippen molar-refractivity contribution in [1.29, 1.82) is 0 Å². The molecule has 0 saturated carbocycles. The molecule has 2 rings (SSSR count). The van der Waals surface area contributed by atoms with Crippen LogP contribution in [-0.2, 0) is 28.9 Å². The summed E-state index contributed by atoms with van der Waals surface area (Å²) in [6, 6.07) is 15.5. The summed E-state index contributed by atoms with van der Waals surface area (Å²) >= 11 is 0. The Bertz CT molecular complexity index is 829. The standard InChI is InChI=1S/C15H10N2O5S/c18-11-16-15(13-7-3-1-4-8-13,14-9-5-2-6-10-14)23(20,21)22-17-12-19/h1-10H. The lowest BCUT2D eigenvalue weighted by Crippen LogP contribution is -2.36. The predicted molar refractivity (Wildman–Crippen MR) is 79.9 cm³/mol. The first-order chi connectivity index (χ1) is 11.1. The van der Waals surface area contributed by atoms with E-state index >= 15 is 0 Å². The van der Waals surface area contributed by atoms with Crippen molar-refractivity contribution in [3.63, 3.8) is 0 Å². The lowest BCUT2D eigenvalue weighted by Gasteiger charge is -2.26. The van der Waals surface area contributed by atoms with Crippen LogP contribution in [0.2, 0.25) is 0 Å². The Kier molecular flexibility index (Phi) is 4.83. The number of nitrogens with zero attached hydrogens (tertiary/aromatic N) is 2. The predicted octanol–water partition coefficient (Wildman–Crippen LogP) is 1.82. The maximum absolute atomic E-state index is 12.6. The highest BCUT2D eigenvalue weighted by molar-refractivity contribution is 7.88. The molecule has 0 atom stereocenters. The van der Waals surface area contributed by atoms with E-state index < -0.39 is 15.0 Å². The van der Waals surface area contributed by atoms with Gasteiger partial charge >= 0.3 is 10.1 Å². The van der Waals surface area contributed by atoms with Crippen molar-refractivity contribution >= 4 is 22.3 Å². The van der Waals surface area contributed by atoms with E-state index in [-0.39, 0.29) is 11.1 Å². The molecule has 116 valence electrons. The smallest absolute Gasteiger partial charge is 0.254 e. The van der Waals surface area contributed by atoms with Gasteiger partial charge in [-0.3, -0.25) is 4.28 Å². The molecule has 0 fully saturated rings. The second kappa shape index (κ2) is 6.81. The maximum atomic E-state index is 12.6. The Hall–Kier alpha value is -3.05. The van der Waals surface area contributed by atoms with Crippen molar-refractivity contribution < 1.29 is 22.3 Å². The molecule has 0 aliphatic rings. The molecule has 8 heteroatoms. The van der Waals surface area contributed by atoms with Crippen molar-refractivity contribution in [2.24, 2.45) is 10.1 Å². The Morgan fingerprint density at radius 2 is 1.30 bits per heavy atom. The van der Waals surface area contributed by atoms with Gasteiger partial charge in [-0.2, -0.15) is 13.4 Å². The molecule has 2 aromatic rings. The highest BCUT2D eigenvalue weighted by Crippen LogP contribution is 2.40. The summed E-state index contributed by atoms with van der Waals surface area (Å²) in [4.78, 5) is 22.5. The van der Waals surface area contributed by atoms with Gasteiger partial charge in [0, 0.05) is 16.3 Å². The highest BCUT2D eigenvalue weighted by Gasteiger charge is 2.50. The van der Waals surface area contributed by atoms with E-state index in [0.29, 0.717) is 0 Å². The summed E-state index contributed by atoms with van der Waals surface area (Å²) in [6.07, 6.45) is 2.24. The molecule has 7 nitrogen and oxygen atoms in total. The third-order valence-electron chi connectivity index (χ3n) is 3.07. The van der Waals surface area contributed by atoms with Crippen LogP contribution in [0.25, 0.3) is 0 Å². The molecule has 0 bridgehead atoms. The van der Waals surface area contributed by atoms with E-state index in [0.717, 1.165) is 6.08 Å². The summed E-state index contributed by atoms with van der Waals surface area (Å²) in [6.45, 7) is 0. The van der Waals surface area contributed by atoms with E-state index in [9.17, 15) is 18.0 Å². The lowest BCUT2D eigenvalue weighted by atomic mass is 9.98. The minimum Gasteiger partial charge on any atom is -0.254 e. The van der Waals surface area contributed by atoms with E-state index in [1.807, 2.05) is 0 Å². The van der Waals surface area contributed by atoms with E-state index in [2.05, 4.69) is 14.4 Å². The van der Waals surface area contributed by atoms with Gasteiger partial charge in [-0.15, -0.1) is 0 Å². The van der Waals surface area contributed by atoms with E-state index in [4.69, 9.17) is 0 Å². The molecule has 0 unspecified atom stereocenters. The zero-order valence-electron chi connectivity index (χ0n) is 11.6. The first-order valence-corrected chi connectivity index (χ1v) is 7.70. The number of isocyanates is 2. The van der Waals surface area contributed by atoms with Crippen LogP contribution in [0.3, 0.4) is 0 Å². The summed E-state index contributed by atoms with van der Waals surface area (Å²) in [7, 11) is -4.67. The van der Waals surface area contributed by atoms with E-state index in [1.165, 1.54) is 30.3 Å². The fourth-order valence-corrected chi connectivity index (χ4v) is 3.39. The Balaban J connectivity index is 2.87. The van der Waals surface area contributed by atoms with Gasteiger partial charge in [-0.25, -0.2) is 9.59 Å². The highest BCUT2D eigenvalue weighted by atomic mass is 32.2. The van der Waals surface area contributed by atoms with Crippen LogP contribution in [0.1, 0.15) is 11.1 Å². The Morgan fingerprint density at radius 1 is 0.826 bits per heavy atom. The molecule has 0 amide bonds. The second-order valence-electron chi connectivity index (χ2n) is 4.29. The van der Waals surface area contributed by atoms with Crippen molar-refractivity contribution in [3.05, 3.63) is 71.8 Å². The molecule has 0 N–H and O–H groups in total. The molecular weight excluding hydrogens is 320 g/mol. The summed E-state index contributed by atoms with van der Waals surface area (Å²) in [5.74, 6) is 0. The fourth-order valence-electron chi connectivity index (χ4n) is 2.15. The number of hydrogen-bond donors (Lipinski definition) is 0. The quantitative estimate of drug-likeness (QED) is 0.457. The van der Waals surface area contributed by atoms with Crippen molar-refractivity contribution in [2.75, 3.05) is 0 Å². The van der Waals surface area contributed by atoms with Gasteiger partial charge in [0.15, 0.2) is 0 Å². The van der Waals surface area contributed by atoms with Gasteiger partial charge in [-0.1, -0.05) is 60.7 Å². The SMILES string of the molecule is O=C=NOS(=O)(=O)C(N=C=O)(c1ccccc1)c1ccccc1. The second-order valence-corrected chi connectivity index (χ2v) is 5.94. The van der Waals surface area contributed by atoms with Crippen LogP contribution >= 0.6 is 0 Å². The summed E-state index contributed by atoms with van der Waals surface area (Å²) < 4.78 is 29.6. The minimum atomic E-state index is -4.67. The third-order valence-corrected chi connectivity index (χ3v) is 4.62. The average molecular weight is 330 g/mol. The van der Waals surface area contributed by atoms with Gasteiger partial charge in [0.2, 0.25) is 6.08 Å². The van der Waals surface area contributed by atoms with Gasteiger partial charge in [0.05, 0.1) is 0 Å². The number of hydrogen-bond acceptors (Lipinski definition) is 7. The zero-order chi connectivity index (χ0) is 16.8.